The van der Waals surface area contributed by atoms with Gasteiger partial charge in [-0.1, -0.05) is 24.3 Å². The molecule has 2 N–H and O–H groups in total. The number of carboxylic acid groups (broad SMARTS) is 1. The molecule has 0 heterocycles. The summed E-state index contributed by atoms with van der Waals surface area (Å²) in [5.41, 5.74) is 2.73. The van der Waals surface area contributed by atoms with E-state index in [1.54, 1.807) is 0 Å². The molecule has 0 saturated heterocycles. The molecule has 0 aliphatic carbocycles. The van der Waals surface area contributed by atoms with Gasteiger partial charge in [0.05, 0.1) is 4.92 Å². The molecule has 1 amide bonds. The Kier molecular flexibility index (Phi) is 5.49. The van der Waals surface area contributed by atoms with E-state index in [-0.39, 0.29) is 17.7 Å². The van der Waals surface area contributed by atoms with Crippen molar-refractivity contribution < 1.29 is 19.6 Å². The summed E-state index contributed by atoms with van der Waals surface area (Å²) < 4.78 is 0. The Morgan fingerprint density at radius 1 is 1.16 bits per heavy atom. The fourth-order valence-electron chi connectivity index (χ4n) is 2.37. The molecule has 0 aliphatic heterocycles. The summed E-state index contributed by atoms with van der Waals surface area (Å²) >= 11 is 0. The predicted octanol–water partition coefficient (Wildman–Crippen LogP) is 2.64. The molecule has 0 spiro atoms. The van der Waals surface area contributed by atoms with E-state index in [1.165, 1.54) is 18.2 Å². The second-order valence-corrected chi connectivity index (χ2v) is 5.79. The predicted molar refractivity (Wildman–Crippen MR) is 91.6 cm³/mol. The normalized spacial score (nSPS) is 11.6. The Hall–Kier alpha value is -3.22. The van der Waals surface area contributed by atoms with E-state index in [9.17, 15) is 24.8 Å². The van der Waals surface area contributed by atoms with Gasteiger partial charge >= 0.3 is 5.97 Å². The summed E-state index contributed by atoms with van der Waals surface area (Å²) in [5.74, 6) is -1.84. The van der Waals surface area contributed by atoms with Gasteiger partial charge < -0.3 is 10.4 Å². The third-order valence-electron chi connectivity index (χ3n) is 3.93. The van der Waals surface area contributed by atoms with Gasteiger partial charge in [0, 0.05) is 24.1 Å². The summed E-state index contributed by atoms with van der Waals surface area (Å²) in [4.78, 5) is 33.9. The first kappa shape index (κ1) is 18.1. The molecule has 2 rings (SSSR count). The number of aryl methyl sites for hydroxylation is 2. The monoisotopic (exact) mass is 342 g/mol. The molecule has 2 aromatic rings. The number of hydrogen-bond donors (Lipinski definition) is 2. The number of nitro groups is 1. The van der Waals surface area contributed by atoms with Gasteiger partial charge in [0.25, 0.3) is 11.6 Å². The van der Waals surface area contributed by atoms with Gasteiger partial charge in [0.2, 0.25) is 0 Å². The minimum atomic E-state index is -1.17. The highest BCUT2D eigenvalue weighted by molar-refractivity contribution is 5.97. The van der Waals surface area contributed by atoms with Gasteiger partial charge in [0.1, 0.15) is 6.04 Å². The van der Waals surface area contributed by atoms with Crippen molar-refractivity contribution in [2.45, 2.75) is 26.3 Å². The zero-order valence-electron chi connectivity index (χ0n) is 13.9. The van der Waals surface area contributed by atoms with Crippen LogP contribution in [0.3, 0.4) is 0 Å². The van der Waals surface area contributed by atoms with E-state index in [4.69, 9.17) is 0 Å². The number of aliphatic carboxylic acids is 1. The molecule has 130 valence electrons. The number of nitrogens with one attached hydrogen (secondary N) is 1. The molecular formula is C18H18N2O5. The SMILES string of the molecule is Cc1ccc(C[C@H](NC(=O)c2cccc([N+](=O)[O-])c2)C(=O)O)cc1C. The van der Waals surface area contributed by atoms with Crippen LogP contribution in [0.2, 0.25) is 0 Å². The Morgan fingerprint density at radius 2 is 1.88 bits per heavy atom. The topological polar surface area (TPSA) is 110 Å². The minimum Gasteiger partial charge on any atom is -0.480 e. The first-order chi connectivity index (χ1) is 11.8. The van der Waals surface area contributed by atoms with Crippen molar-refractivity contribution in [3.63, 3.8) is 0 Å². The standard InChI is InChI=1S/C18H18N2O5/c1-11-6-7-13(8-12(11)2)9-16(18(22)23)19-17(21)14-4-3-5-15(10-14)20(24)25/h3-8,10,16H,9H2,1-2H3,(H,19,21)(H,22,23)/t16-/m0/s1. The number of nitro benzene ring substituents is 1. The van der Waals surface area contributed by atoms with Crippen LogP contribution in [0.15, 0.2) is 42.5 Å². The number of rotatable bonds is 6. The van der Waals surface area contributed by atoms with E-state index >= 15 is 0 Å². The highest BCUT2D eigenvalue weighted by Crippen LogP contribution is 2.15. The average Bonchev–Trinajstić information content (AvgIpc) is 2.57. The third-order valence-corrected chi connectivity index (χ3v) is 3.93. The number of carboxylic acids is 1. The molecule has 0 fully saturated rings. The van der Waals surface area contributed by atoms with Crippen LogP contribution in [-0.2, 0) is 11.2 Å². The number of hydrogen-bond acceptors (Lipinski definition) is 4. The van der Waals surface area contributed by atoms with Crippen molar-refractivity contribution >= 4 is 17.6 Å². The zero-order chi connectivity index (χ0) is 18.6. The lowest BCUT2D eigenvalue weighted by molar-refractivity contribution is -0.384. The van der Waals surface area contributed by atoms with E-state index < -0.39 is 22.8 Å². The Labute approximate surface area is 144 Å². The molecule has 0 aromatic heterocycles. The highest BCUT2D eigenvalue weighted by Gasteiger charge is 2.22. The Balaban J connectivity index is 2.17. The number of carbonyl (C=O) groups excluding carboxylic acids is 1. The average molecular weight is 342 g/mol. The van der Waals surface area contributed by atoms with E-state index in [0.29, 0.717) is 0 Å². The molecule has 0 unspecified atom stereocenters. The van der Waals surface area contributed by atoms with Crippen LogP contribution in [0.4, 0.5) is 5.69 Å². The van der Waals surface area contributed by atoms with Crippen LogP contribution in [0.5, 0.6) is 0 Å². The zero-order valence-corrected chi connectivity index (χ0v) is 13.9. The number of non-ortho nitro benzene ring substituents is 1. The van der Waals surface area contributed by atoms with E-state index in [0.717, 1.165) is 22.8 Å². The van der Waals surface area contributed by atoms with Gasteiger partial charge in [-0.3, -0.25) is 14.9 Å². The number of benzene rings is 2. The summed E-state index contributed by atoms with van der Waals surface area (Å²) in [6.07, 6.45) is 0.122. The summed E-state index contributed by atoms with van der Waals surface area (Å²) in [6.45, 7) is 3.88. The number of nitrogens with zero attached hydrogens (tertiary/aromatic N) is 1. The molecule has 0 bridgehead atoms. The lowest BCUT2D eigenvalue weighted by atomic mass is 10.0. The van der Waals surface area contributed by atoms with Crippen molar-refractivity contribution in [1.82, 2.24) is 5.32 Å². The van der Waals surface area contributed by atoms with Crippen molar-refractivity contribution in [3.05, 3.63) is 74.8 Å². The minimum absolute atomic E-state index is 0.0422. The van der Waals surface area contributed by atoms with Gasteiger partial charge in [0.15, 0.2) is 0 Å². The lowest BCUT2D eigenvalue weighted by Gasteiger charge is -2.15. The first-order valence-electron chi connectivity index (χ1n) is 7.62. The number of carbonyl (C=O) groups is 2. The summed E-state index contributed by atoms with van der Waals surface area (Å²) in [6, 6.07) is 9.62. The number of amides is 1. The van der Waals surface area contributed by atoms with E-state index in [1.807, 2.05) is 32.0 Å². The molecule has 2 aromatic carbocycles. The van der Waals surface area contributed by atoms with Crippen molar-refractivity contribution in [2.75, 3.05) is 0 Å². The van der Waals surface area contributed by atoms with Gasteiger partial charge in [-0.2, -0.15) is 0 Å². The highest BCUT2D eigenvalue weighted by atomic mass is 16.6. The molecule has 0 aliphatic rings. The molecule has 25 heavy (non-hydrogen) atoms. The van der Waals surface area contributed by atoms with Crippen LogP contribution in [0, 0.1) is 24.0 Å². The second-order valence-electron chi connectivity index (χ2n) is 5.79. The van der Waals surface area contributed by atoms with Crippen LogP contribution >= 0.6 is 0 Å². The Bertz CT molecular complexity index is 832. The van der Waals surface area contributed by atoms with Crippen LogP contribution in [-0.4, -0.2) is 27.9 Å². The van der Waals surface area contributed by atoms with Crippen LogP contribution in [0.1, 0.15) is 27.0 Å². The fourth-order valence-corrected chi connectivity index (χ4v) is 2.37. The molecule has 7 heteroatoms. The summed E-state index contributed by atoms with van der Waals surface area (Å²) in [7, 11) is 0. The smallest absolute Gasteiger partial charge is 0.326 e. The molecule has 7 nitrogen and oxygen atoms in total. The maximum atomic E-state index is 12.2. The maximum Gasteiger partial charge on any atom is 0.326 e. The van der Waals surface area contributed by atoms with Crippen molar-refractivity contribution in [3.8, 4) is 0 Å². The van der Waals surface area contributed by atoms with Crippen molar-refractivity contribution in [1.29, 1.82) is 0 Å². The summed E-state index contributed by atoms with van der Waals surface area (Å²) in [5, 5.41) is 22.6. The fraction of sp³-hybridized carbons (Fsp3) is 0.222. The van der Waals surface area contributed by atoms with Gasteiger partial charge in [-0.15, -0.1) is 0 Å². The first-order valence-corrected chi connectivity index (χ1v) is 7.62. The van der Waals surface area contributed by atoms with Crippen LogP contribution in [0.25, 0.3) is 0 Å². The third kappa shape index (κ3) is 4.63. The van der Waals surface area contributed by atoms with Gasteiger partial charge in [-0.05, 0) is 36.6 Å². The Morgan fingerprint density at radius 3 is 2.48 bits per heavy atom. The second kappa shape index (κ2) is 7.57. The molecular weight excluding hydrogens is 324 g/mol. The van der Waals surface area contributed by atoms with E-state index in [2.05, 4.69) is 5.32 Å². The van der Waals surface area contributed by atoms with Crippen LogP contribution < -0.4 is 5.32 Å². The van der Waals surface area contributed by atoms with Gasteiger partial charge in [-0.25, -0.2) is 4.79 Å². The molecule has 1 atom stereocenters. The molecule has 0 saturated carbocycles. The maximum absolute atomic E-state index is 12.2. The quantitative estimate of drug-likeness (QED) is 0.619. The lowest BCUT2D eigenvalue weighted by Crippen LogP contribution is -2.42. The van der Waals surface area contributed by atoms with Crippen molar-refractivity contribution in [2.24, 2.45) is 0 Å². The largest absolute Gasteiger partial charge is 0.480 e. The molecule has 0 radical (unpaired) electrons.